The quantitative estimate of drug-likeness (QED) is 0.0995. The Kier molecular flexibility index (Phi) is 14.5. The Balaban J connectivity index is 2.25. The summed E-state index contributed by atoms with van der Waals surface area (Å²) in [6.07, 6.45) is 8.05. The molecule has 3 rings (SSSR count). The molecule has 3 heteroatoms. The summed E-state index contributed by atoms with van der Waals surface area (Å²) < 4.78 is 11.2. The molecule has 0 spiro atoms. The number of nitrogens with zero attached hydrogens (tertiary/aromatic N) is 1. The van der Waals surface area contributed by atoms with Crippen LogP contribution in [0, 0.1) is 0 Å². The van der Waals surface area contributed by atoms with Crippen LogP contribution in [-0.4, -0.2) is 50.5 Å². The standard InChI is InChI=1S/C26H28NO.3C4H9.Sn/c1-4-25(21-11-7-5-8-12-21)26(22-13-9-6-10-14-22)23-15-17-24(18-16-23)28-20-19-27(2)3;3*1-3-4-2;/h4-18H,19-20H2,1-3H3;3*1,3-4H2,2H3;/b26-25-;;;;. The van der Waals surface area contributed by atoms with E-state index in [2.05, 4.69) is 132 Å². The number of rotatable bonds is 18. The molecule has 0 N–H and O–H groups in total. The average molecular weight is 661 g/mol. The molecule has 0 amide bonds. The van der Waals surface area contributed by atoms with E-state index in [1.807, 2.05) is 0 Å². The molecule has 3 aromatic carbocycles. The SMILES string of the molecule is CCC[CH2][Sn]([CH2]CCC)([CH2]CCC)[CH](C)/C(=C(\c1ccccc1)c1ccc(OCCN(C)C)cc1)c1ccccc1. The first-order chi connectivity index (χ1) is 20.0. The van der Waals surface area contributed by atoms with Gasteiger partial charge in [-0.3, -0.25) is 0 Å². The molecule has 0 aliphatic carbocycles. The van der Waals surface area contributed by atoms with Crippen LogP contribution in [0.15, 0.2) is 84.9 Å². The fourth-order valence-corrected chi connectivity index (χ4v) is 23.8. The van der Waals surface area contributed by atoms with E-state index in [0.717, 1.165) is 12.3 Å². The molecule has 0 aliphatic rings. The zero-order valence-corrected chi connectivity index (χ0v) is 29.6. The van der Waals surface area contributed by atoms with Gasteiger partial charge in [0.2, 0.25) is 0 Å². The van der Waals surface area contributed by atoms with Gasteiger partial charge in [0.15, 0.2) is 0 Å². The molecular formula is C38H55NOSn. The first-order valence-corrected chi connectivity index (χ1v) is 23.9. The maximum absolute atomic E-state index is 6.09. The number of unbranched alkanes of at least 4 members (excludes halogenated alkanes) is 3. The van der Waals surface area contributed by atoms with E-state index >= 15 is 0 Å². The van der Waals surface area contributed by atoms with Crippen LogP contribution in [0.1, 0.15) is 82.9 Å². The molecule has 0 saturated heterocycles. The van der Waals surface area contributed by atoms with Crippen molar-refractivity contribution in [3.63, 3.8) is 0 Å². The minimum atomic E-state index is -2.66. The maximum atomic E-state index is 6.09. The number of likely N-dealkylation sites (N-methyl/N-ethyl adjacent to an activating group) is 1. The van der Waals surface area contributed by atoms with Crippen LogP contribution in [0.25, 0.3) is 11.1 Å². The van der Waals surface area contributed by atoms with Crippen molar-refractivity contribution in [2.75, 3.05) is 27.2 Å². The summed E-state index contributed by atoms with van der Waals surface area (Å²) in [5.41, 5.74) is 7.01. The molecule has 0 aromatic heterocycles. The Labute approximate surface area is 256 Å². The van der Waals surface area contributed by atoms with Crippen molar-refractivity contribution >= 4 is 29.5 Å². The van der Waals surface area contributed by atoms with Crippen LogP contribution in [0.2, 0.25) is 17.2 Å². The van der Waals surface area contributed by atoms with Gasteiger partial charge in [0, 0.05) is 0 Å². The summed E-state index contributed by atoms with van der Waals surface area (Å²) in [6, 6.07) is 31.4. The van der Waals surface area contributed by atoms with Crippen molar-refractivity contribution < 1.29 is 4.74 Å². The van der Waals surface area contributed by atoms with Gasteiger partial charge in [-0.05, 0) is 0 Å². The van der Waals surface area contributed by atoms with Crippen LogP contribution in [0.4, 0.5) is 0 Å². The minimum absolute atomic E-state index is 0.627. The number of hydrogen-bond acceptors (Lipinski definition) is 2. The predicted molar refractivity (Wildman–Crippen MR) is 184 cm³/mol. The Hall–Kier alpha value is -2.04. The third-order valence-electron chi connectivity index (χ3n) is 8.80. The molecule has 0 radical (unpaired) electrons. The fourth-order valence-electron chi connectivity index (χ4n) is 6.29. The van der Waals surface area contributed by atoms with Crippen molar-refractivity contribution in [1.82, 2.24) is 4.90 Å². The summed E-state index contributed by atoms with van der Waals surface area (Å²) in [4.78, 5) is 2.16. The predicted octanol–water partition coefficient (Wildman–Crippen LogP) is 10.8. The summed E-state index contributed by atoms with van der Waals surface area (Å²) >= 11 is -2.66. The van der Waals surface area contributed by atoms with Gasteiger partial charge in [-0.25, -0.2) is 0 Å². The number of benzene rings is 3. The van der Waals surface area contributed by atoms with Crippen LogP contribution >= 0.6 is 0 Å². The fraction of sp³-hybridized carbons (Fsp3) is 0.474. The van der Waals surface area contributed by atoms with Crippen molar-refractivity contribution in [2.24, 2.45) is 0 Å². The monoisotopic (exact) mass is 661 g/mol. The van der Waals surface area contributed by atoms with E-state index in [1.54, 1.807) is 5.57 Å². The van der Waals surface area contributed by atoms with Crippen molar-refractivity contribution in [3.05, 3.63) is 102 Å². The third kappa shape index (κ3) is 9.75. The number of ether oxygens (including phenoxy) is 1. The molecule has 0 saturated carbocycles. The van der Waals surface area contributed by atoms with E-state index in [4.69, 9.17) is 4.74 Å². The first kappa shape index (κ1) is 33.5. The molecule has 1 unspecified atom stereocenters. The Bertz CT molecular complexity index is 1130. The molecule has 2 nitrogen and oxygen atoms in total. The average Bonchev–Trinajstić information content (AvgIpc) is 3.00. The van der Waals surface area contributed by atoms with Crippen LogP contribution < -0.4 is 4.74 Å². The summed E-state index contributed by atoms with van der Waals surface area (Å²) in [6.45, 7) is 11.4. The summed E-state index contributed by atoms with van der Waals surface area (Å²) in [5, 5.41) is 0. The van der Waals surface area contributed by atoms with Gasteiger partial charge in [0.25, 0.3) is 0 Å². The van der Waals surface area contributed by atoms with E-state index in [0.29, 0.717) is 10.5 Å². The second-order valence-corrected chi connectivity index (χ2v) is 26.6. The van der Waals surface area contributed by atoms with Gasteiger partial charge in [0.05, 0.1) is 0 Å². The van der Waals surface area contributed by atoms with Crippen LogP contribution in [0.5, 0.6) is 5.75 Å². The first-order valence-electron chi connectivity index (χ1n) is 16.2. The van der Waals surface area contributed by atoms with Gasteiger partial charge in [-0.2, -0.15) is 0 Å². The zero-order valence-electron chi connectivity index (χ0n) is 26.8. The molecule has 3 aromatic rings. The molecule has 222 valence electrons. The second-order valence-electron chi connectivity index (χ2n) is 12.1. The molecule has 1 atom stereocenters. The summed E-state index contributed by atoms with van der Waals surface area (Å²) in [5.74, 6) is 0.944. The molecular weight excluding hydrogens is 605 g/mol. The zero-order chi connectivity index (χ0) is 29.5. The Morgan fingerprint density at radius 1 is 0.659 bits per heavy atom. The van der Waals surface area contributed by atoms with Gasteiger partial charge < -0.3 is 0 Å². The van der Waals surface area contributed by atoms with Gasteiger partial charge in [-0.15, -0.1) is 0 Å². The van der Waals surface area contributed by atoms with E-state index in [-0.39, 0.29) is 0 Å². The molecule has 41 heavy (non-hydrogen) atoms. The van der Waals surface area contributed by atoms with Crippen LogP contribution in [0.3, 0.4) is 0 Å². The molecule has 0 fully saturated rings. The van der Waals surface area contributed by atoms with Crippen molar-refractivity contribution in [1.29, 1.82) is 0 Å². The topological polar surface area (TPSA) is 12.5 Å². The Morgan fingerprint density at radius 2 is 1.12 bits per heavy atom. The van der Waals surface area contributed by atoms with E-state index in [9.17, 15) is 0 Å². The van der Waals surface area contributed by atoms with Gasteiger partial charge in [-0.1, -0.05) is 0 Å². The van der Waals surface area contributed by atoms with Crippen molar-refractivity contribution in [2.45, 2.75) is 83.5 Å². The normalized spacial score (nSPS) is 13.2. The van der Waals surface area contributed by atoms with E-state index in [1.165, 1.54) is 74.1 Å². The van der Waals surface area contributed by atoms with E-state index < -0.39 is 18.4 Å². The summed E-state index contributed by atoms with van der Waals surface area (Å²) in [7, 11) is 4.17. The molecule has 0 heterocycles. The second kappa shape index (κ2) is 17.8. The Morgan fingerprint density at radius 3 is 1.59 bits per heavy atom. The number of hydrogen-bond donors (Lipinski definition) is 0. The van der Waals surface area contributed by atoms with Crippen molar-refractivity contribution in [3.8, 4) is 5.75 Å². The van der Waals surface area contributed by atoms with Crippen LogP contribution in [-0.2, 0) is 0 Å². The molecule has 0 aliphatic heterocycles. The molecule has 0 bridgehead atoms. The number of allylic oxidation sites excluding steroid dienone is 1. The van der Waals surface area contributed by atoms with Gasteiger partial charge in [0.1, 0.15) is 0 Å². The van der Waals surface area contributed by atoms with Gasteiger partial charge >= 0.3 is 257 Å². The third-order valence-corrected chi connectivity index (χ3v) is 26.4.